The van der Waals surface area contributed by atoms with E-state index in [1.165, 1.54) is 14.0 Å². The first kappa shape index (κ1) is 28.1. The predicted octanol–water partition coefficient (Wildman–Crippen LogP) is 7.09. The minimum absolute atomic E-state index is 0.111. The van der Waals surface area contributed by atoms with E-state index in [2.05, 4.69) is 24.1 Å². The van der Waals surface area contributed by atoms with Crippen LogP contribution in [-0.4, -0.2) is 29.1 Å². The molecule has 0 aliphatic rings. The van der Waals surface area contributed by atoms with Crippen molar-refractivity contribution in [1.29, 1.82) is 0 Å². The number of aliphatic carboxylic acids is 1. The Labute approximate surface area is 216 Å². The van der Waals surface area contributed by atoms with Crippen LogP contribution in [-0.2, 0) is 9.53 Å². The zero-order valence-corrected chi connectivity index (χ0v) is 21.6. The molecule has 1 atom stereocenters. The van der Waals surface area contributed by atoms with E-state index in [4.69, 9.17) is 9.84 Å². The van der Waals surface area contributed by atoms with Crippen LogP contribution in [0.15, 0.2) is 41.3 Å². The van der Waals surface area contributed by atoms with Gasteiger partial charge in [-0.3, -0.25) is 10.1 Å². The highest BCUT2D eigenvalue weighted by Gasteiger charge is 2.21. The lowest BCUT2D eigenvalue weighted by atomic mass is 9.97. The topological polar surface area (TPSA) is 88.5 Å². The highest BCUT2D eigenvalue weighted by molar-refractivity contribution is 7.14. The highest BCUT2D eigenvalue weighted by Crippen LogP contribution is 2.33. The van der Waals surface area contributed by atoms with Crippen molar-refractivity contribution in [2.75, 3.05) is 12.4 Å². The molecule has 2 N–H and O–H groups in total. The largest absolute Gasteiger partial charge is 0.478 e. The van der Waals surface area contributed by atoms with Crippen LogP contribution in [0.25, 0.3) is 17.3 Å². The van der Waals surface area contributed by atoms with Crippen molar-refractivity contribution < 1.29 is 32.6 Å². The van der Waals surface area contributed by atoms with E-state index in [1.54, 1.807) is 23.6 Å². The number of carbonyl (C=O) groups is 2. The lowest BCUT2D eigenvalue weighted by Crippen LogP contribution is -2.13. The Bertz CT molecular complexity index is 1310. The summed E-state index contributed by atoms with van der Waals surface area (Å²) in [5.74, 6) is -4.35. The monoisotopic (exact) mass is 532 g/mol. The van der Waals surface area contributed by atoms with Gasteiger partial charge in [0.15, 0.2) is 5.13 Å². The molecule has 0 spiro atoms. The Morgan fingerprint density at radius 3 is 2.43 bits per heavy atom. The first-order valence-corrected chi connectivity index (χ1v) is 12.4. The van der Waals surface area contributed by atoms with Gasteiger partial charge in [-0.2, -0.15) is 0 Å². The molecule has 1 aromatic heterocycles. The second-order valence-corrected chi connectivity index (χ2v) is 9.74. The van der Waals surface area contributed by atoms with Crippen molar-refractivity contribution in [1.82, 2.24) is 4.98 Å². The summed E-state index contributed by atoms with van der Waals surface area (Å²) in [7, 11) is 1.54. The van der Waals surface area contributed by atoms with Crippen molar-refractivity contribution in [3.8, 4) is 11.3 Å². The number of thiazole rings is 1. The molecule has 2 aromatic carbocycles. The Balaban J connectivity index is 1.81. The van der Waals surface area contributed by atoms with Gasteiger partial charge in [0, 0.05) is 40.3 Å². The number of hydrogen-bond donors (Lipinski definition) is 2. The van der Waals surface area contributed by atoms with Gasteiger partial charge in [-0.15, -0.1) is 11.3 Å². The Kier molecular flexibility index (Phi) is 9.23. The summed E-state index contributed by atoms with van der Waals surface area (Å²) >= 11 is 1.03. The molecular weight excluding hydrogens is 505 g/mol. The summed E-state index contributed by atoms with van der Waals surface area (Å²) in [6.45, 7) is 5.36. The lowest BCUT2D eigenvalue weighted by Gasteiger charge is -2.18. The van der Waals surface area contributed by atoms with Gasteiger partial charge in [-0.25, -0.2) is 22.9 Å². The number of nitrogens with one attached hydrogen (secondary N) is 1. The lowest BCUT2D eigenvalue weighted by molar-refractivity contribution is -0.132. The Morgan fingerprint density at radius 1 is 1.16 bits per heavy atom. The molecule has 10 heteroatoms. The van der Waals surface area contributed by atoms with Gasteiger partial charge < -0.3 is 9.84 Å². The third-order valence-corrected chi connectivity index (χ3v) is 6.46. The number of nitrogens with zero attached hydrogens (tertiary/aromatic N) is 1. The maximum absolute atomic E-state index is 15.4. The zero-order valence-electron chi connectivity index (χ0n) is 20.8. The zero-order chi connectivity index (χ0) is 27.3. The van der Waals surface area contributed by atoms with Gasteiger partial charge in [-0.1, -0.05) is 26.0 Å². The number of ether oxygens (including phenoxy) is 1. The SMILES string of the molecule is COC(CCC(C)C)c1cccc(-c2csc(NC(=O)c3cc(F)c(C=C(C)C(=O)O)c(F)c3)n2)c1F. The summed E-state index contributed by atoms with van der Waals surface area (Å²) in [5, 5.41) is 13.1. The predicted molar refractivity (Wildman–Crippen MR) is 137 cm³/mol. The Morgan fingerprint density at radius 2 is 1.84 bits per heavy atom. The van der Waals surface area contributed by atoms with Crippen molar-refractivity contribution in [2.24, 2.45) is 5.92 Å². The van der Waals surface area contributed by atoms with Gasteiger partial charge >= 0.3 is 5.97 Å². The minimum atomic E-state index is -1.32. The average molecular weight is 533 g/mol. The fraction of sp³-hybridized carbons (Fsp3) is 0.296. The van der Waals surface area contributed by atoms with E-state index in [0.717, 1.165) is 36.0 Å². The Hall–Kier alpha value is -3.50. The van der Waals surface area contributed by atoms with Gasteiger partial charge in [0.05, 0.1) is 11.8 Å². The number of carboxylic acid groups (broad SMARTS) is 1. The van der Waals surface area contributed by atoms with Gasteiger partial charge in [0.2, 0.25) is 0 Å². The maximum Gasteiger partial charge on any atom is 0.331 e. The van der Waals surface area contributed by atoms with Gasteiger partial charge in [0.25, 0.3) is 5.91 Å². The molecule has 6 nitrogen and oxygen atoms in total. The molecule has 0 aliphatic carbocycles. The molecule has 1 heterocycles. The fourth-order valence-electron chi connectivity index (χ4n) is 3.64. The maximum atomic E-state index is 15.4. The van der Waals surface area contributed by atoms with E-state index >= 15 is 4.39 Å². The highest BCUT2D eigenvalue weighted by atomic mass is 32.1. The molecule has 0 bridgehead atoms. The quantitative estimate of drug-likeness (QED) is 0.272. The number of halogens is 3. The number of aromatic nitrogens is 1. The van der Waals surface area contributed by atoms with Crippen molar-refractivity contribution in [3.05, 3.63) is 75.4 Å². The second-order valence-electron chi connectivity index (χ2n) is 8.88. The average Bonchev–Trinajstić information content (AvgIpc) is 3.30. The van der Waals surface area contributed by atoms with E-state index in [0.29, 0.717) is 23.6 Å². The number of hydrogen-bond acceptors (Lipinski definition) is 5. The van der Waals surface area contributed by atoms with Crippen LogP contribution in [0.2, 0.25) is 0 Å². The summed E-state index contributed by atoms with van der Waals surface area (Å²) in [5.41, 5.74) is -0.205. The number of anilines is 1. The molecule has 3 rings (SSSR count). The molecule has 37 heavy (non-hydrogen) atoms. The number of carboxylic acids is 1. The summed E-state index contributed by atoms with van der Waals surface area (Å²) in [6, 6.07) is 6.56. The minimum Gasteiger partial charge on any atom is -0.478 e. The van der Waals surface area contributed by atoms with Crippen LogP contribution in [0.5, 0.6) is 0 Å². The van der Waals surface area contributed by atoms with Crippen molar-refractivity contribution in [2.45, 2.75) is 39.7 Å². The van der Waals surface area contributed by atoms with E-state index in [9.17, 15) is 18.4 Å². The third-order valence-electron chi connectivity index (χ3n) is 5.71. The summed E-state index contributed by atoms with van der Waals surface area (Å²) in [6.07, 6.45) is 1.96. The van der Waals surface area contributed by atoms with E-state index in [-0.39, 0.29) is 21.8 Å². The molecule has 3 aromatic rings. The molecule has 0 fully saturated rings. The van der Waals surface area contributed by atoms with Crippen LogP contribution < -0.4 is 5.32 Å². The third kappa shape index (κ3) is 6.84. The fourth-order valence-corrected chi connectivity index (χ4v) is 4.34. The molecule has 1 unspecified atom stereocenters. The number of methoxy groups -OCH3 is 1. The molecular formula is C27H27F3N2O4S. The first-order chi connectivity index (χ1) is 17.5. The molecule has 1 amide bonds. The first-order valence-electron chi connectivity index (χ1n) is 11.5. The number of rotatable bonds is 10. The summed E-state index contributed by atoms with van der Waals surface area (Å²) < 4.78 is 49.7. The summed E-state index contributed by atoms with van der Waals surface area (Å²) in [4.78, 5) is 27.8. The van der Waals surface area contributed by atoms with Crippen molar-refractivity contribution in [3.63, 3.8) is 0 Å². The number of amides is 1. The van der Waals surface area contributed by atoms with Crippen LogP contribution in [0.4, 0.5) is 18.3 Å². The van der Waals surface area contributed by atoms with Crippen LogP contribution in [0.3, 0.4) is 0 Å². The van der Waals surface area contributed by atoms with Crippen LogP contribution in [0.1, 0.15) is 61.2 Å². The van der Waals surface area contributed by atoms with Crippen LogP contribution >= 0.6 is 11.3 Å². The molecule has 0 saturated carbocycles. The standard InChI is InChI=1S/C27H27F3N2O4S/c1-14(2)8-9-23(36-4)18-7-5-6-17(24(18)30)22-13-37-27(31-22)32-25(33)16-11-20(28)19(21(29)12-16)10-15(3)26(34)35/h5-7,10-14,23H,8-9H2,1-4H3,(H,34,35)(H,31,32,33). The van der Waals surface area contributed by atoms with E-state index < -0.39 is 41.0 Å². The van der Waals surface area contributed by atoms with Crippen LogP contribution in [0, 0.1) is 23.4 Å². The molecule has 0 aliphatic heterocycles. The number of benzene rings is 2. The molecule has 0 radical (unpaired) electrons. The van der Waals surface area contributed by atoms with E-state index in [1.807, 2.05) is 0 Å². The molecule has 0 saturated heterocycles. The normalized spacial score (nSPS) is 12.6. The van der Waals surface area contributed by atoms with Gasteiger partial charge in [0.1, 0.15) is 17.5 Å². The van der Waals surface area contributed by atoms with Crippen molar-refractivity contribution >= 4 is 34.4 Å². The number of carbonyl (C=O) groups excluding carboxylic acids is 1. The molecule has 196 valence electrons. The van der Waals surface area contributed by atoms with Gasteiger partial charge in [-0.05, 0) is 50.0 Å². The smallest absolute Gasteiger partial charge is 0.331 e. The second kappa shape index (κ2) is 12.2.